The minimum Gasteiger partial charge on any atom is -0.206 e. The summed E-state index contributed by atoms with van der Waals surface area (Å²) in [5.74, 6) is -0.257. The number of halogens is 3. The van der Waals surface area contributed by atoms with Gasteiger partial charge in [0.1, 0.15) is 5.82 Å². The van der Waals surface area contributed by atoms with Crippen LogP contribution in [0.1, 0.15) is 31.9 Å². The van der Waals surface area contributed by atoms with Gasteiger partial charge in [-0.15, -0.1) is 0 Å². The summed E-state index contributed by atoms with van der Waals surface area (Å²) in [4.78, 5) is 0. The predicted octanol–water partition coefficient (Wildman–Crippen LogP) is 4.74. The third kappa shape index (κ3) is 2.04. The zero-order valence-electron chi connectivity index (χ0n) is 8.71. The second-order valence-electron chi connectivity index (χ2n) is 4.43. The van der Waals surface area contributed by atoms with Crippen molar-refractivity contribution in [3.63, 3.8) is 0 Å². The molecule has 0 nitrogen and oxygen atoms in total. The quantitative estimate of drug-likeness (QED) is 0.570. The Morgan fingerprint density at radius 1 is 1.21 bits per heavy atom. The SMILES string of the molecule is Cc1cc(Cl)c(Cl)c(C(C)(C)C)c1F. The van der Waals surface area contributed by atoms with Crippen molar-refractivity contribution in [3.8, 4) is 0 Å². The van der Waals surface area contributed by atoms with Gasteiger partial charge in [-0.3, -0.25) is 0 Å². The molecule has 78 valence electrons. The van der Waals surface area contributed by atoms with E-state index in [1.807, 2.05) is 20.8 Å². The van der Waals surface area contributed by atoms with Gasteiger partial charge in [-0.2, -0.15) is 0 Å². The first-order chi connectivity index (χ1) is 6.25. The Kier molecular flexibility index (Phi) is 3.13. The van der Waals surface area contributed by atoms with Crippen molar-refractivity contribution in [2.24, 2.45) is 0 Å². The van der Waals surface area contributed by atoms with Crippen molar-refractivity contribution in [2.75, 3.05) is 0 Å². The van der Waals surface area contributed by atoms with E-state index in [9.17, 15) is 4.39 Å². The van der Waals surface area contributed by atoms with Gasteiger partial charge in [0.15, 0.2) is 0 Å². The molecule has 0 fully saturated rings. The highest BCUT2D eigenvalue weighted by Crippen LogP contribution is 2.37. The van der Waals surface area contributed by atoms with Crippen molar-refractivity contribution in [3.05, 3.63) is 33.1 Å². The summed E-state index contributed by atoms with van der Waals surface area (Å²) in [6.07, 6.45) is 0. The van der Waals surface area contributed by atoms with E-state index in [1.54, 1.807) is 13.0 Å². The molecular weight excluding hydrogens is 222 g/mol. The molecule has 0 atom stereocenters. The fourth-order valence-corrected chi connectivity index (χ4v) is 2.07. The molecule has 1 aromatic carbocycles. The van der Waals surface area contributed by atoms with E-state index in [0.717, 1.165) is 0 Å². The molecule has 0 aromatic heterocycles. The average Bonchev–Trinajstić information content (AvgIpc) is 1.98. The van der Waals surface area contributed by atoms with Crippen LogP contribution in [0.5, 0.6) is 0 Å². The van der Waals surface area contributed by atoms with Gasteiger partial charge >= 0.3 is 0 Å². The zero-order chi connectivity index (χ0) is 11.1. The second-order valence-corrected chi connectivity index (χ2v) is 5.21. The first-order valence-corrected chi connectivity index (χ1v) is 5.15. The minimum absolute atomic E-state index is 0.257. The average molecular weight is 235 g/mol. The number of aryl methyl sites for hydroxylation is 1. The fraction of sp³-hybridized carbons (Fsp3) is 0.455. The Morgan fingerprint density at radius 3 is 2.14 bits per heavy atom. The van der Waals surface area contributed by atoms with Crippen LogP contribution in [0.4, 0.5) is 4.39 Å². The summed E-state index contributed by atoms with van der Waals surface area (Å²) >= 11 is 11.9. The molecule has 0 N–H and O–H groups in total. The maximum atomic E-state index is 13.8. The molecule has 0 aliphatic heterocycles. The first-order valence-electron chi connectivity index (χ1n) is 4.39. The number of rotatable bonds is 0. The van der Waals surface area contributed by atoms with Crippen molar-refractivity contribution in [2.45, 2.75) is 33.1 Å². The third-order valence-corrected chi connectivity index (χ3v) is 2.88. The molecule has 0 aliphatic carbocycles. The standard InChI is InChI=1S/C11H13Cl2F/c1-6-5-7(12)9(13)8(10(6)14)11(2,3)4/h5H,1-4H3. The molecule has 14 heavy (non-hydrogen) atoms. The van der Waals surface area contributed by atoms with Crippen LogP contribution in [0.15, 0.2) is 6.07 Å². The van der Waals surface area contributed by atoms with Crippen molar-refractivity contribution >= 4 is 23.2 Å². The van der Waals surface area contributed by atoms with E-state index in [0.29, 0.717) is 21.2 Å². The van der Waals surface area contributed by atoms with E-state index in [1.165, 1.54) is 0 Å². The van der Waals surface area contributed by atoms with Crippen molar-refractivity contribution in [1.82, 2.24) is 0 Å². The predicted molar refractivity (Wildman–Crippen MR) is 59.9 cm³/mol. The topological polar surface area (TPSA) is 0 Å². The minimum atomic E-state index is -0.336. The molecule has 0 bridgehead atoms. The lowest BCUT2D eigenvalue weighted by atomic mass is 9.85. The molecule has 0 radical (unpaired) electrons. The van der Waals surface area contributed by atoms with Crippen LogP contribution < -0.4 is 0 Å². The van der Waals surface area contributed by atoms with E-state index in [-0.39, 0.29) is 11.2 Å². The normalized spacial score (nSPS) is 11.9. The molecular formula is C11H13Cl2F. The van der Waals surface area contributed by atoms with E-state index in [2.05, 4.69) is 0 Å². The Balaban J connectivity index is 3.56. The Labute approximate surface area is 94.0 Å². The van der Waals surface area contributed by atoms with Gasteiger partial charge in [0.05, 0.1) is 10.0 Å². The highest BCUT2D eigenvalue weighted by atomic mass is 35.5. The van der Waals surface area contributed by atoms with Crippen LogP contribution in [0, 0.1) is 12.7 Å². The number of hydrogen-bond donors (Lipinski definition) is 0. The maximum Gasteiger partial charge on any atom is 0.131 e. The number of hydrogen-bond acceptors (Lipinski definition) is 0. The molecule has 0 amide bonds. The highest BCUT2D eigenvalue weighted by Gasteiger charge is 2.24. The van der Waals surface area contributed by atoms with Crippen LogP contribution in [0.3, 0.4) is 0 Å². The zero-order valence-corrected chi connectivity index (χ0v) is 10.2. The summed E-state index contributed by atoms with van der Waals surface area (Å²) in [6.45, 7) is 7.42. The summed E-state index contributed by atoms with van der Waals surface area (Å²) in [7, 11) is 0. The van der Waals surface area contributed by atoms with Crippen molar-refractivity contribution in [1.29, 1.82) is 0 Å². The molecule has 3 heteroatoms. The van der Waals surface area contributed by atoms with Gasteiger partial charge in [-0.25, -0.2) is 4.39 Å². The van der Waals surface area contributed by atoms with Gasteiger partial charge in [0.25, 0.3) is 0 Å². The molecule has 0 saturated carbocycles. The van der Waals surface area contributed by atoms with Gasteiger partial charge in [-0.1, -0.05) is 44.0 Å². The second kappa shape index (κ2) is 3.71. The monoisotopic (exact) mass is 234 g/mol. The number of benzene rings is 1. The summed E-state index contributed by atoms with van der Waals surface area (Å²) in [6, 6.07) is 1.55. The molecule has 1 aromatic rings. The summed E-state index contributed by atoms with van der Waals surface area (Å²) in [5, 5.41) is 0.734. The molecule has 1 rings (SSSR count). The van der Waals surface area contributed by atoms with Crippen LogP contribution in [0.25, 0.3) is 0 Å². The molecule has 0 spiro atoms. The van der Waals surface area contributed by atoms with Gasteiger partial charge in [-0.05, 0) is 24.0 Å². The summed E-state index contributed by atoms with van der Waals surface area (Å²) < 4.78 is 13.8. The van der Waals surface area contributed by atoms with Crippen LogP contribution in [-0.2, 0) is 5.41 Å². The maximum absolute atomic E-state index is 13.8. The first kappa shape index (κ1) is 11.8. The third-order valence-electron chi connectivity index (χ3n) is 2.09. The molecule has 0 aliphatic rings. The Hall–Kier alpha value is -0.270. The van der Waals surface area contributed by atoms with Gasteiger partial charge in [0.2, 0.25) is 0 Å². The highest BCUT2D eigenvalue weighted by molar-refractivity contribution is 6.42. The smallest absolute Gasteiger partial charge is 0.131 e. The fourth-order valence-electron chi connectivity index (χ4n) is 1.39. The van der Waals surface area contributed by atoms with E-state index in [4.69, 9.17) is 23.2 Å². The van der Waals surface area contributed by atoms with Crippen molar-refractivity contribution < 1.29 is 4.39 Å². The van der Waals surface area contributed by atoms with Crippen LogP contribution in [-0.4, -0.2) is 0 Å². The summed E-state index contributed by atoms with van der Waals surface area (Å²) in [5.41, 5.74) is 0.685. The molecule has 0 saturated heterocycles. The lowest BCUT2D eigenvalue weighted by Gasteiger charge is -2.22. The van der Waals surface area contributed by atoms with Crippen LogP contribution >= 0.6 is 23.2 Å². The lowest BCUT2D eigenvalue weighted by Crippen LogP contribution is -2.15. The van der Waals surface area contributed by atoms with E-state index < -0.39 is 0 Å². The van der Waals surface area contributed by atoms with Gasteiger partial charge in [0, 0.05) is 5.56 Å². The largest absolute Gasteiger partial charge is 0.206 e. The lowest BCUT2D eigenvalue weighted by molar-refractivity contribution is 0.519. The van der Waals surface area contributed by atoms with Crippen LogP contribution in [0.2, 0.25) is 10.0 Å². The molecule has 0 unspecified atom stereocenters. The Morgan fingerprint density at radius 2 is 1.71 bits per heavy atom. The molecule has 0 heterocycles. The van der Waals surface area contributed by atoms with E-state index >= 15 is 0 Å². The van der Waals surface area contributed by atoms with Gasteiger partial charge < -0.3 is 0 Å². The Bertz CT molecular complexity index is 338.